The standard InChI is InChI=1S/C22H30O6/c1-4-6-7-17(5-2)20(24)27-15-22(14-23)13-18(21(25)28-22)12-16-8-10-19(26-3)11-9-16/h8-12,17,23H,4-7,13-15H2,1-3H3/b18-12+. The van der Waals surface area contributed by atoms with Gasteiger partial charge in [-0.2, -0.15) is 0 Å². The summed E-state index contributed by atoms with van der Waals surface area (Å²) in [5.74, 6) is -0.241. The van der Waals surface area contributed by atoms with Crippen LogP contribution in [0.4, 0.5) is 0 Å². The fraction of sp³-hybridized carbons (Fsp3) is 0.545. The van der Waals surface area contributed by atoms with E-state index in [2.05, 4.69) is 6.92 Å². The summed E-state index contributed by atoms with van der Waals surface area (Å²) in [6, 6.07) is 7.26. The molecule has 0 amide bonds. The van der Waals surface area contributed by atoms with Crippen LogP contribution in [0.2, 0.25) is 0 Å². The molecule has 0 spiro atoms. The SMILES string of the molecule is CCCCC(CC)C(=O)OCC1(CO)C/C(=C\c2ccc(OC)cc2)C(=O)O1. The van der Waals surface area contributed by atoms with Gasteiger partial charge in [0, 0.05) is 12.0 Å². The van der Waals surface area contributed by atoms with Gasteiger partial charge >= 0.3 is 11.9 Å². The molecule has 2 unspecified atom stereocenters. The molecular formula is C22H30O6. The molecule has 1 N–H and O–H groups in total. The number of carbonyl (C=O) groups is 2. The maximum absolute atomic E-state index is 12.3. The molecule has 6 nitrogen and oxygen atoms in total. The minimum absolute atomic E-state index is 0.142. The summed E-state index contributed by atoms with van der Waals surface area (Å²) in [6.07, 6.45) is 5.36. The number of benzene rings is 1. The highest BCUT2D eigenvalue weighted by Gasteiger charge is 2.44. The fourth-order valence-electron chi connectivity index (χ4n) is 3.20. The molecule has 1 aliphatic heterocycles. The first-order valence-corrected chi connectivity index (χ1v) is 9.82. The lowest BCUT2D eigenvalue weighted by Gasteiger charge is -2.25. The maximum Gasteiger partial charge on any atom is 0.334 e. The van der Waals surface area contributed by atoms with Gasteiger partial charge in [0.1, 0.15) is 12.4 Å². The number of aliphatic hydroxyl groups excluding tert-OH is 1. The zero-order valence-corrected chi connectivity index (χ0v) is 16.9. The Hall–Kier alpha value is -2.34. The molecule has 1 fully saturated rings. The number of unbranched alkanes of at least 4 members (excludes halogenated alkanes) is 1. The van der Waals surface area contributed by atoms with Crippen molar-refractivity contribution in [3.63, 3.8) is 0 Å². The Balaban J connectivity index is 2.04. The number of cyclic esters (lactones) is 1. The van der Waals surface area contributed by atoms with E-state index in [9.17, 15) is 14.7 Å². The van der Waals surface area contributed by atoms with Crippen molar-refractivity contribution >= 4 is 18.0 Å². The average Bonchev–Trinajstić information content (AvgIpc) is 3.03. The molecule has 2 rings (SSSR count). The first-order valence-electron chi connectivity index (χ1n) is 9.82. The minimum atomic E-state index is -1.21. The van der Waals surface area contributed by atoms with Gasteiger partial charge in [0.2, 0.25) is 0 Å². The van der Waals surface area contributed by atoms with Crippen LogP contribution in [0.3, 0.4) is 0 Å². The van der Waals surface area contributed by atoms with Crippen LogP contribution >= 0.6 is 0 Å². The van der Waals surface area contributed by atoms with E-state index in [0.717, 1.165) is 30.6 Å². The number of carbonyl (C=O) groups excluding carboxylic acids is 2. The van der Waals surface area contributed by atoms with Crippen LogP contribution in [-0.4, -0.2) is 43.0 Å². The molecule has 1 aromatic rings. The van der Waals surface area contributed by atoms with E-state index >= 15 is 0 Å². The van der Waals surface area contributed by atoms with Gasteiger partial charge in [-0.1, -0.05) is 38.8 Å². The number of esters is 2. The third kappa shape index (κ3) is 5.58. The number of ether oxygens (including phenoxy) is 3. The highest BCUT2D eigenvalue weighted by atomic mass is 16.6. The zero-order chi connectivity index (χ0) is 20.6. The second-order valence-electron chi connectivity index (χ2n) is 7.21. The first kappa shape index (κ1) is 22.0. The van der Waals surface area contributed by atoms with E-state index in [0.29, 0.717) is 12.0 Å². The summed E-state index contributed by atoms with van der Waals surface area (Å²) >= 11 is 0. The Morgan fingerprint density at radius 1 is 1.32 bits per heavy atom. The van der Waals surface area contributed by atoms with Gasteiger partial charge < -0.3 is 19.3 Å². The van der Waals surface area contributed by atoms with Crippen LogP contribution in [-0.2, 0) is 19.1 Å². The van der Waals surface area contributed by atoms with Gasteiger partial charge in [-0.05, 0) is 36.6 Å². The molecule has 0 saturated carbocycles. The highest BCUT2D eigenvalue weighted by Crippen LogP contribution is 2.33. The summed E-state index contributed by atoms with van der Waals surface area (Å²) in [5, 5.41) is 9.82. The van der Waals surface area contributed by atoms with Gasteiger partial charge in [-0.15, -0.1) is 0 Å². The van der Waals surface area contributed by atoms with Gasteiger partial charge in [0.05, 0.1) is 19.6 Å². The number of rotatable bonds is 10. The molecule has 6 heteroatoms. The van der Waals surface area contributed by atoms with E-state index in [-0.39, 0.29) is 24.9 Å². The quantitative estimate of drug-likeness (QED) is 0.486. The predicted octanol–water partition coefficient (Wildman–Crippen LogP) is 3.52. The zero-order valence-electron chi connectivity index (χ0n) is 16.9. The summed E-state index contributed by atoms with van der Waals surface area (Å²) in [7, 11) is 1.59. The van der Waals surface area contributed by atoms with Gasteiger partial charge in [-0.25, -0.2) is 4.79 Å². The molecule has 0 radical (unpaired) electrons. The molecule has 0 bridgehead atoms. The number of methoxy groups -OCH3 is 1. The monoisotopic (exact) mass is 390 g/mol. The van der Waals surface area contributed by atoms with Gasteiger partial charge in [0.15, 0.2) is 5.60 Å². The largest absolute Gasteiger partial charge is 0.497 e. The van der Waals surface area contributed by atoms with Crippen molar-refractivity contribution in [2.45, 2.75) is 51.6 Å². The summed E-state index contributed by atoms with van der Waals surface area (Å²) in [5.41, 5.74) is 0.0473. The van der Waals surface area contributed by atoms with Crippen molar-refractivity contribution in [3.8, 4) is 5.75 Å². The number of hydrogen-bond acceptors (Lipinski definition) is 6. The molecule has 1 aromatic carbocycles. The van der Waals surface area contributed by atoms with Crippen molar-refractivity contribution in [3.05, 3.63) is 35.4 Å². The normalized spacial score (nSPS) is 21.4. The van der Waals surface area contributed by atoms with Crippen molar-refractivity contribution in [1.82, 2.24) is 0 Å². The van der Waals surface area contributed by atoms with Crippen molar-refractivity contribution < 1.29 is 28.9 Å². The lowest BCUT2D eigenvalue weighted by atomic mass is 9.97. The molecular weight excluding hydrogens is 360 g/mol. The van der Waals surface area contributed by atoms with E-state index in [1.54, 1.807) is 25.3 Å². The molecule has 2 atom stereocenters. The molecule has 0 aromatic heterocycles. The van der Waals surface area contributed by atoms with Crippen LogP contribution in [0.15, 0.2) is 29.8 Å². The second-order valence-corrected chi connectivity index (χ2v) is 7.21. The van der Waals surface area contributed by atoms with Crippen LogP contribution in [0, 0.1) is 5.92 Å². The van der Waals surface area contributed by atoms with E-state index in [4.69, 9.17) is 14.2 Å². The lowest BCUT2D eigenvalue weighted by molar-refractivity contribution is -0.169. The third-order valence-electron chi connectivity index (χ3n) is 5.04. The van der Waals surface area contributed by atoms with E-state index < -0.39 is 18.2 Å². The fourth-order valence-corrected chi connectivity index (χ4v) is 3.20. The number of hydrogen-bond donors (Lipinski definition) is 1. The molecule has 1 aliphatic rings. The Labute approximate surface area is 166 Å². The molecule has 28 heavy (non-hydrogen) atoms. The summed E-state index contributed by atoms with van der Waals surface area (Å²) in [6.45, 7) is 3.48. The third-order valence-corrected chi connectivity index (χ3v) is 5.04. The smallest absolute Gasteiger partial charge is 0.334 e. The molecule has 154 valence electrons. The summed E-state index contributed by atoms with van der Waals surface area (Å²) < 4.78 is 16.0. The Bertz CT molecular complexity index is 693. The topological polar surface area (TPSA) is 82.1 Å². The van der Waals surface area contributed by atoms with E-state index in [1.165, 1.54) is 0 Å². The summed E-state index contributed by atoms with van der Waals surface area (Å²) in [4.78, 5) is 24.6. The van der Waals surface area contributed by atoms with Crippen molar-refractivity contribution in [1.29, 1.82) is 0 Å². The van der Waals surface area contributed by atoms with Crippen molar-refractivity contribution in [2.75, 3.05) is 20.3 Å². The van der Waals surface area contributed by atoms with Crippen molar-refractivity contribution in [2.24, 2.45) is 5.92 Å². The van der Waals surface area contributed by atoms with Crippen LogP contribution in [0.5, 0.6) is 5.75 Å². The molecule has 0 aliphatic carbocycles. The first-order chi connectivity index (χ1) is 13.5. The Kier molecular flexibility index (Phi) is 8.05. The molecule has 1 heterocycles. The van der Waals surface area contributed by atoms with Crippen LogP contribution in [0.1, 0.15) is 51.5 Å². The van der Waals surface area contributed by atoms with E-state index in [1.807, 2.05) is 19.1 Å². The molecule has 1 saturated heterocycles. The number of aliphatic hydroxyl groups is 1. The Morgan fingerprint density at radius 3 is 2.61 bits per heavy atom. The van der Waals surface area contributed by atoms with Crippen LogP contribution in [0.25, 0.3) is 6.08 Å². The van der Waals surface area contributed by atoms with Gasteiger partial charge in [-0.3, -0.25) is 4.79 Å². The van der Waals surface area contributed by atoms with Crippen LogP contribution < -0.4 is 4.74 Å². The average molecular weight is 390 g/mol. The second kappa shape index (κ2) is 10.3. The Morgan fingerprint density at radius 2 is 2.04 bits per heavy atom. The lowest BCUT2D eigenvalue weighted by Crippen LogP contribution is -2.40. The minimum Gasteiger partial charge on any atom is -0.497 e. The maximum atomic E-state index is 12.3. The van der Waals surface area contributed by atoms with Gasteiger partial charge in [0.25, 0.3) is 0 Å². The predicted molar refractivity (Wildman–Crippen MR) is 106 cm³/mol. The highest BCUT2D eigenvalue weighted by molar-refractivity contribution is 5.96.